The molecule has 0 N–H and O–H groups in total. The third-order valence-corrected chi connectivity index (χ3v) is 18.6. The molecule has 1 nitrogen and oxygen atoms in total. The molecule has 0 bridgehead atoms. The van der Waals surface area contributed by atoms with Gasteiger partial charge in [-0.2, -0.15) is 0 Å². The van der Waals surface area contributed by atoms with Crippen molar-refractivity contribution in [2.75, 3.05) is 0 Å². The van der Waals surface area contributed by atoms with Gasteiger partial charge in [-0.3, -0.25) is 0 Å². The highest BCUT2D eigenvalue weighted by atomic mass is 28.4. The van der Waals surface area contributed by atoms with Gasteiger partial charge in [0.1, 0.15) is 0 Å². The van der Waals surface area contributed by atoms with E-state index in [0.717, 1.165) is 0 Å². The van der Waals surface area contributed by atoms with Crippen molar-refractivity contribution in [3.8, 4) is 0 Å². The summed E-state index contributed by atoms with van der Waals surface area (Å²) in [6.07, 6.45) is 27.0. The van der Waals surface area contributed by atoms with E-state index in [2.05, 4.69) is 97.1 Å². The second kappa shape index (κ2) is 17.4. The third kappa shape index (κ3) is 8.11. The Morgan fingerprint density at radius 2 is 0.510 bits per heavy atom. The monoisotopic (exact) mass is 708 g/mol. The SMILES string of the molecule is c1ccc([Si](O[Si](c2ccccc2C2CCCCC2)c2ccccc2C2CCCCC2)c2ccccc2C2CCCCC2)c(C2CCCCC2)c1. The van der Waals surface area contributed by atoms with Crippen LogP contribution in [0.1, 0.15) is 174 Å². The highest BCUT2D eigenvalue weighted by Crippen LogP contribution is 2.36. The third-order valence-electron chi connectivity index (χ3n) is 13.2. The van der Waals surface area contributed by atoms with Crippen LogP contribution in [0.4, 0.5) is 0 Å². The Balaban J connectivity index is 1.31. The molecule has 4 saturated carbocycles. The second-order valence-electron chi connectivity index (χ2n) is 16.4. The van der Waals surface area contributed by atoms with Crippen molar-refractivity contribution in [3.05, 3.63) is 119 Å². The standard InChI is InChI=1S/C48H60OSi2/c1-5-21-37(22-6-1)41-29-13-17-33-45(41)50(46-34-18-14-30-42(46)38-23-7-2-8-24-38)49-51(47-35-19-15-31-43(47)39-25-9-3-10-26-39)48-36-20-16-32-44(48)40-27-11-4-12-28-40/h13-20,29-40H,1-12,21-28H2. The highest BCUT2D eigenvalue weighted by molar-refractivity contribution is 6.92. The molecule has 0 heterocycles. The van der Waals surface area contributed by atoms with Gasteiger partial charge in [-0.25, -0.2) is 0 Å². The number of benzene rings is 4. The molecule has 0 unspecified atom stereocenters. The summed E-state index contributed by atoms with van der Waals surface area (Å²) in [5.41, 5.74) is 6.41. The Labute approximate surface area is 313 Å². The fourth-order valence-corrected chi connectivity index (χ4v) is 16.9. The summed E-state index contributed by atoms with van der Waals surface area (Å²) in [7, 11) is -3.19. The van der Waals surface area contributed by atoms with E-state index in [0.29, 0.717) is 23.7 Å². The van der Waals surface area contributed by atoms with E-state index in [-0.39, 0.29) is 0 Å². The minimum Gasteiger partial charge on any atom is -0.442 e. The van der Waals surface area contributed by atoms with E-state index in [1.165, 1.54) is 128 Å². The van der Waals surface area contributed by atoms with Crippen LogP contribution >= 0.6 is 0 Å². The molecule has 0 amide bonds. The summed E-state index contributed by atoms with van der Waals surface area (Å²) >= 11 is 0. The number of rotatable bonds is 10. The minimum atomic E-state index is -1.60. The zero-order valence-electron chi connectivity index (χ0n) is 31.1. The van der Waals surface area contributed by atoms with Gasteiger partial charge in [0.05, 0.1) is 0 Å². The topological polar surface area (TPSA) is 9.23 Å². The second-order valence-corrected chi connectivity index (χ2v) is 20.7. The first-order valence-electron chi connectivity index (χ1n) is 21.1. The van der Waals surface area contributed by atoms with Crippen LogP contribution < -0.4 is 20.7 Å². The smallest absolute Gasteiger partial charge is 0.273 e. The normalized spacial score (nSPS) is 20.3. The fraction of sp³-hybridized carbons (Fsp3) is 0.500. The predicted molar refractivity (Wildman–Crippen MR) is 220 cm³/mol. The van der Waals surface area contributed by atoms with Gasteiger partial charge >= 0.3 is 0 Å². The maximum absolute atomic E-state index is 8.32. The van der Waals surface area contributed by atoms with Gasteiger partial charge in [-0.05, 0) is 118 Å². The first-order valence-corrected chi connectivity index (χ1v) is 24.0. The Morgan fingerprint density at radius 1 is 0.294 bits per heavy atom. The molecule has 0 aromatic heterocycles. The molecule has 266 valence electrons. The van der Waals surface area contributed by atoms with E-state index in [4.69, 9.17) is 4.12 Å². The molecule has 4 fully saturated rings. The van der Waals surface area contributed by atoms with Crippen molar-refractivity contribution in [3.63, 3.8) is 0 Å². The van der Waals surface area contributed by atoms with E-state index < -0.39 is 18.1 Å². The molecule has 51 heavy (non-hydrogen) atoms. The van der Waals surface area contributed by atoms with Crippen LogP contribution in [0.5, 0.6) is 0 Å². The van der Waals surface area contributed by atoms with Crippen molar-refractivity contribution in [2.24, 2.45) is 0 Å². The molecule has 4 aromatic rings. The summed E-state index contributed by atoms with van der Waals surface area (Å²) in [6, 6.07) is 38.7. The Hall–Kier alpha value is -2.73. The highest BCUT2D eigenvalue weighted by Gasteiger charge is 2.37. The van der Waals surface area contributed by atoms with Crippen LogP contribution in [-0.4, -0.2) is 18.1 Å². The maximum Gasteiger partial charge on any atom is 0.273 e. The van der Waals surface area contributed by atoms with Crippen molar-refractivity contribution in [1.82, 2.24) is 0 Å². The average Bonchev–Trinajstić information content (AvgIpc) is 3.23. The lowest BCUT2D eigenvalue weighted by molar-refractivity contribution is 0.443. The number of hydrogen-bond donors (Lipinski definition) is 0. The van der Waals surface area contributed by atoms with Crippen molar-refractivity contribution in [1.29, 1.82) is 0 Å². The quantitative estimate of drug-likeness (QED) is 0.149. The van der Waals surface area contributed by atoms with Gasteiger partial charge < -0.3 is 4.12 Å². The van der Waals surface area contributed by atoms with Gasteiger partial charge in [0.2, 0.25) is 0 Å². The average molecular weight is 709 g/mol. The summed E-state index contributed by atoms with van der Waals surface area (Å²) in [5.74, 6) is 2.61. The molecule has 8 rings (SSSR count). The lowest BCUT2D eigenvalue weighted by atomic mass is 9.84. The zero-order chi connectivity index (χ0) is 34.2. The van der Waals surface area contributed by atoms with E-state index in [1.54, 1.807) is 43.0 Å². The molecule has 0 saturated heterocycles. The van der Waals surface area contributed by atoms with Crippen LogP contribution in [0.3, 0.4) is 0 Å². The zero-order valence-corrected chi connectivity index (χ0v) is 33.1. The van der Waals surface area contributed by atoms with Gasteiger partial charge in [0, 0.05) is 0 Å². The van der Waals surface area contributed by atoms with Crippen molar-refractivity contribution in [2.45, 2.75) is 152 Å². The molecule has 4 aliphatic rings. The minimum absolute atomic E-state index is 0.653. The van der Waals surface area contributed by atoms with Crippen molar-refractivity contribution >= 4 is 38.8 Å². The molecule has 0 atom stereocenters. The fourth-order valence-electron chi connectivity index (χ4n) is 10.5. The molecular formula is C48H60OSi2. The Kier molecular flexibility index (Phi) is 12.0. The Bertz CT molecular complexity index is 1440. The molecule has 4 aromatic carbocycles. The lowest BCUT2D eigenvalue weighted by Gasteiger charge is -2.34. The maximum atomic E-state index is 8.32. The molecular weight excluding hydrogens is 649 g/mol. The van der Waals surface area contributed by atoms with E-state index in [1.807, 2.05) is 0 Å². The summed E-state index contributed by atoms with van der Waals surface area (Å²) < 4.78 is 8.32. The van der Waals surface area contributed by atoms with Crippen LogP contribution in [0.15, 0.2) is 97.1 Å². The summed E-state index contributed by atoms with van der Waals surface area (Å²) in [5, 5.41) is 6.19. The molecule has 3 heteroatoms. The summed E-state index contributed by atoms with van der Waals surface area (Å²) in [4.78, 5) is 0. The van der Waals surface area contributed by atoms with Crippen LogP contribution in [0.2, 0.25) is 0 Å². The van der Waals surface area contributed by atoms with E-state index in [9.17, 15) is 0 Å². The van der Waals surface area contributed by atoms with Crippen LogP contribution in [0.25, 0.3) is 0 Å². The largest absolute Gasteiger partial charge is 0.442 e. The predicted octanol–water partition coefficient (Wildman–Crippen LogP) is 10.8. The molecule has 2 radical (unpaired) electrons. The van der Waals surface area contributed by atoms with Crippen LogP contribution in [0, 0.1) is 0 Å². The van der Waals surface area contributed by atoms with Gasteiger partial charge in [0.25, 0.3) is 18.1 Å². The van der Waals surface area contributed by atoms with Gasteiger partial charge in [-0.15, -0.1) is 0 Å². The first-order chi connectivity index (χ1) is 25.3. The van der Waals surface area contributed by atoms with Crippen molar-refractivity contribution < 1.29 is 4.12 Å². The summed E-state index contributed by atoms with van der Waals surface area (Å²) in [6.45, 7) is 0. The lowest BCUT2D eigenvalue weighted by Crippen LogP contribution is -2.59. The van der Waals surface area contributed by atoms with E-state index >= 15 is 0 Å². The molecule has 0 aliphatic heterocycles. The van der Waals surface area contributed by atoms with Gasteiger partial charge in [0.15, 0.2) is 0 Å². The molecule has 4 aliphatic carbocycles. The van der Waals surface area contributed by atoms with Gasteiger partial charge in [-0.1, -0.05) is 174 Å². The van der Waals surface area contributed by atoms with Crippen LogP contribution in [-0.2, 0) is 4.12 Å². The number of hydrogen-bond acceptors (Lipinski definition) is 1. The first kappa shape index (κ1) is 35.3. The Morgan fingerprint density at radius 3 is 0.745 bits per heavy atom. The molecule has 0 spiro atoms.